The van der Waals surface area contributed by atoms with Crippen LogP contribution >= 0.6 is 0 Å². The van der Waals surface area contributed by atoms with Crippen LogP contribution in [0.4, 0.5) is 13.2 Å². The largest absolute Gasteiger partial charge is 0.416 e. The van der Waals surface area contributed by atoms with Crippen LogP contribution in [0.2, 0.25) is 0 Å². The van der Waals surface area contributed by atoms with Gasteiger partial charge in [0.05, 0.1) is 24.6 Å². The average Bonchev–Trinajstić information content (AvgIpc) is 2.94. The molecule has 3 heterocycles. The maximum absolute atomic E-state index is 13.5. The van der Waals surface area contributed by atoms with Crippen molar-refractivity contribution in [2.45, 2.75) is 63.5 Å². The van der Waals surface area contributed by atoms with Crippen LogP contribution in [0.15, 0.2) is 46.7 Å². The molecule has 2 atom stereocenters. The van der Waals surface area contributed by atoms with Crippen molar-refractivity contribution < 1.29 is 27.4 Å². The van der Waals surface area contributed by atoms with Crippen LogP contribution in [0.3, 0.4) is 0 Å². The number of hydrogen-bond donors (Lipinski definition) is 2. The zero-order valence-corrected chi connectivity index (χ0v) is 22.6. The number of amides is 1. The predicted molar refractivity (Wildman–Crippen MR) is 143 cm³/mol. The molecule has 0 aromatic heterocycles. The lowest BCUT2D eigenvalue weighted by Crippen LogP contribution is -2.54. The second kappa shape index (κ2) is 12.5. The van der Waals surface area contributed by atoms with E-state index < -0.39 is 11.7 Å². The molecule has 0 bridgehead atoms. The standard InChI is InChI=1S/C28H38F3N5O3/c1-18(19(2)36-10-6-20-14-22(28(29,30)31)5-4-21(20)15-36)26(33-17-32)27(37)35-11-7-23(8-12-35)34-24-9-13-39-16-25(24)38-3/h4-5,14,17,23-25,34H,2,6-13,15-16H2,1,3H3,(H2,32,33)/b26-18-/t24-,25+/m0/s1. The van der Waals surface area contributed by atoms with Crippen LogP contribution in [0.1, 0.15) is 42.9 Å². The highest BCUT2D eigenvalue weighted by Gasteiger charge is 2.33. The lowest BCUT2D eigenvalue weighted by Gasteiger charge is -2.38. The number of alkyl halides is 3. The van der Waals surface area contributed by atoms with Gasteiger partial charge in [-0.2, -0.15) is 13.2 Å². The molecule has 1 aromatic rings. The van der Waals surface area contributed by atoms with E-state index in [1.165, 1.54) is 12.1 Å². The molecule has 0 saturated carbocycles. The van der Waals surface area contributed by atoms with E-state index in [1.807, 2.05) is 4.90 Å². The SMILES string of the molecule is C=C(/C(C)=C(\N=C/N)C(=O)N1CCC(N[C@H]2CCOC[C@H]2OC)CC1)N1CCc2cc(C(F)(F)F)ccc2C1. The first-order valence-electron chi connectivity index (χ1n) is 13.4. The summed E-state index contributed by atoms with van der Waals surface area (Å²) in [5.74, 6) is -0.207. The van der Waals surface area contributed by atoms with E-state index in [-0.39, 0.29) is 29.8 Å². The number of carbonyl (C=O) groups excluding carboxylic acids is 1. The molecule has 0 spiro atoms. The van der Waals surface area contributed by atoms with Crippen molar-refractivity contribution >= 4 is 12.2 Å². The fourth-order valence-corrected chi connectivity index (χ4v) is 5.56. The molecule has 0 aliphatic carbocycles. The van der Waals surface area contributed by atoms with Gasteiger partial charge < -0.3 is 30.3 Å². The van der Waals surface area contributed by atoms with Crippen molar-refractivity contribution in [3.8, 4) is 0 Å². The van der Waals surface area contributed by atoms with Gasteiger partial charge in [-0.25, -0.2) is 4.99 Å². The molecule has 0 radical (unpaired) electrons. The quantitative estimate of drug-likeness (QED) is 0.235. The van der Waals surface area contributed by atoms with E-state index >= 15 is 0 Å². The summed E-state index contributed by atoms with van der Waals surface area (Å²) in [5, 5.41) is 3.69. The molecule has 3 aliphatic heterocycles. The monoisotopic (exact) mass is 549 g/mol. The molecule has 3 N–H and O–H groups in total. The Bertz CT molecular complexity index is 1110. The number of nitrogens with two attached hydrogens (primary N) is 1. The molecule has 3 aliphatic rings. The Labute approximate surface area is 227 Å². The first kappa shape index (κ1) is 29.1. The van der Waals surface area contributed by atoms with Crippen molar-refractivity contribution in [3.63, 3.8) is 0 Å². The fourth-order valence-electron chi connectivity index (χ4n) is 5.56. The van der Waals surface area contributed by atoms with E-state index in [9.17, 15) is 18.0 Å². The summed E-state index contributed by atoms with van der Waals surface area (Å²) >= 11 is 0. The highest BCUT2D eigenvalue weighted by atomic mass is 19.4. The van der Waals surface area contributed by atoms with Gasteiger partial charge in [0.1, 0.15) is 5.70 Å². The number of likely N-dealkylation sites (tertiary alicyclic amines) is 1. The summed E-state index contributed by atoms with van der Waals surface area (Å²) < 4.78 is 50.4. The fraction of sp³-hybridized carbons (Fsp3) is 0.571. The Morgan fingerprint density at radius 3 is 2.62 bits per heavy atom. The van der Waals surface area contributed by atoms with Gasteiger partial charge in [0.25, 0.3) is 5.91 Å². The first-order valence-corrected chi connectivity index (χ1v) is 13.4. The second-order valence-electron chi connectivity index (χ2n) is 10.3. The third-order valence-electron chi connectivity index (χ3n) is 7.96. The van der Waals surface area contributed by atoms with Gasteiger partial charge in [0, 0.05) is 63.2 Å². The lowest BCUT2D eigenvalue weighted by molar-refractivity contribution is -0.137. The highest BCUT2D eigenvalue weighted by Crippen LogP contribution is 2.33. The van der Waals surface area contributed by atoms with Crippen LogP contribution < -0.4 is 11.1 Å². The van der Waals surface area contributed by atoms with Crippen molar-refractivity contribution in [2.24, 2.45) is 10.7 Å². The lowest BCUT2D eigenvalue weighted by atomic mass is 9.96. The molecule has 11 heteroatoms. The normalized spacial score (nSPS) is 23.5. The van der Waals surface area contributed by atoms with Crippen LogP contribution in [0.5, 0.6) is 0 Å². The van der Waals surface area contributed by atoms with Gasteiger partial charge in [0.2, 0.25) is 0 Å². The van der Waals surface area contributed by atoms with Crippen LogP contribution in [0.25, 0.3) is 0 Å². The zero-order chi connectivity index (χ0) is 28.2. The molecule has 0 unspecified atom stereocenters. The summed E-state index contributed by atoms with van der Waals surface area (Å²) in [4.78, 5) is 21.5. The van der Waals surface area contributed by atoms with Gasteiger partial charge >= 0.3 is 6.18 Å². The number of hydrogen-bond acceptors (Lipinski definition) is 6. The van der Waals surface area contributed by atoms with E-state index in [1.54, 1.807) is 18.9 Å². The number of fused-ring (bicyclic) bond motifs is 1. The zero-order valence-electron chi connectivity index (χ0n) is 22.6. The van der Waals surface area contributed by atoms with Crippen molar-refractivity contribution in [3.05, 3.63) is 58.4 Å². The van der Waals surface area contributed by atoms with Crippen molar-refractivity contribution in [2.75, 3.05) is 40.0 Å². The predicted octanol–water partition coefficient (Wildman–Crippen LogP) is 3.22. The van der Waals surface area contributed by atoms with Gasteiger partial charge in [-0.15, -0.1) is 0 Å². The number of carbonyl (C=O) groups is 1. The van der Waals surface area contributed by atoms with E-state index in [0.717, 1.165) is 37.2 Å². The summed E-state index contributed by atoms with van der Waals surface area (Å²) in [7, 11) is 1.70. The molecule has 214 valence electrons. The number of benzene rings is 1. The summed E-state index contributed by atoms with van der Waals surface area (Å²) in [6.45, 7) is 9.34. The number of ether oxygens (including phenoxy) is 2. The molecule has 39 heavy (non-hydrogen) atoms. The maximum Gasteiger partial charge on any atom is 0.416 e. The Balaban J connectivity index is 1.40. The number of nitrogens with one attached hydrogen (secondary N) is 1. The maximum atomic E-state index is 13.5. The summed E-state index contributed by atoms with van der Waals surface area (Å²) in [5.41, 5.74) is 7.91. The Morgan fingerprint density at radius 2 is 1.95 bits per heavy atom. The Morgan fingerprint density at radius 1 is 1.21 bits per heavy atom. The summed E-state index contributed by atoms with van der Waals surface area (Å²) in [6, 6.07) is 4.36. The average molecular weight is 550 g/mol. The van der Waals surface area contributed by atoms with Gasteiger partial charge in [-0.3, -0.25) is 4.79 Å². The molecular formula is C28H38F3N5O3. The molecule has 8 nitrogen and oxygen atoms in total. The molecular weight excluding hydrogens is 511 g/mol. The van der Waals surface area contributed by atoms with Crippen molar-refractivity contribution in [1.29, 1.82) is 0 Å². The third kappa shape index (κ3) is 6.82. The van der Waals surface area contributed by atoms with E-state index in [0.29, 0.717) is 62.6 Å². The first-order chi connectivity index (χ1) is 18.6. The molecule has 2 fully saturated rings. The van der Waals surface area contributed by atoms with Crippen LogP contribution in [-0.4, -0.2) is 80.2 Å². The number of halogens is 3. The second-order valence-corrected chi connectivity index (χ2v) is 10.3. The third-order valence-corrected chi connectivity index (χ3v) is 7.96. The summed E-state index contributed by atoms with van der Waals surface area (Å²) in [6.07, 6.45) is -0.281. The molecule has 4 rings (SSSR count). The van der Waals surface area contributed by atoms with Crippen molar-refractivity contribution in [1.82, 2.24) is 15.1 Å². The molecule has 1 aromatic carbocycles. The highest BCUT2D eigenvalue weighted by molar-refractivity contribution is 5.95. The minimum Gasteiger partial charge on any atom is -0.390 e. The van der Waals surface area contributed by atoms with Gasteiger partial charge in [-0.1, -0.05) is 12.6 Å². The number of nitrogens with zero attached hydrogens (tertiary/aromatic N) is 3. The Hall–Kier alpha value is -2.89. The van der Waals surface area contributed by atoms with Gasteiger partial charge in [0.15, 0.2) is 0 Å². The Kier molecular flexibility index (Phi) is 9.35. The number of aliphatic imine (C=N–C) groups is 1. The number of allylic oxidation sites excluding steroid dienone is 1. The number of piperidine rings is 1. The smallest absolute Gasteiger partial charge is 0.390 e. The van der Waals surface area contributed by atoms with Crippen LogP contribution in [0, 0.1) is 0 Å². The van der Waals surface area contributed by atoms with E-state index in [2.05, 4.69) is 16.9 Å². The van der Waals surface area contributed by atoms with Gasteiger partial charge in [-0.05, 0) is 55.9 Å². The molecule has 2 saturated heterocycles. The van der Waals surface area contributed by atoms with E-state index in [4.69, 9.17) is 15.2 Å². The number of methoxy groups -OCH3 is 1. The molecule has 1 amide bonds. The van der Waals surface area contributed by atoms with Crippen LogP contribution in [-0.2, 0) is 33.4 Å². The minimum absolute atomic E-state index is 0.0222. The minimum atomic E-state index is -4.37. The topological polar surface area (TPSA) is 92.4 Å². The number of rotatable bonds is 7.